The van der Waals surface area contributed by atoms with Crippen molar-refractivity contribution in [1.82, 2.24) is 15.2 Å². The van der Waals surface area contributed by atoms with Crippen LogP contribution in [0.5, 0.6) is 11.8 Å². The Balaban J connectivity index is 1.99. The van der Waals surface area contributed by atoms with Gasteiger partial charge in [0.05, 0.1) is 13.2 Å². The average Bonchev–Trinajstić information content (AvgIpc) is 2.88. The molecule has 1 aromatic heterocycles. The molecule has 0 spiro atoms. The van der Waals surface area contributed by atoms with Gasteiger partial charge in [0.25, 0.3) is 5.91 Å². The minimum absolute atomic E-state index is 0.203. The molecule has 0 saturated carbocycles. The Labute approximate surface area is 116 Å². The van der Waals surface area contributed by atoms with Gasteiger partial charge in [0.1, 0.15) is 5.75 Å². The molecule has 1 aromatic carbocycles. The first-order valence-corrected chi connectivity index (χ1v) is 6.32. The van der Waals surface area contributed by atoms with Gasteiger partial charge in [0, 0.05) is 5.56 Å². The summed E-state index contributed by atoms with van der Waals surface area (Å²) in [5.74, 6) is 0.682. The summed E-state index contributed by atoms with van der Waals surface area (Å²) in [6.45, 7) is 4.78. The van der Waals surface area contributed by atoms with Crippen molar-refractivity contribution in [3.05, 3.63) is 29.8 Å². The van der Waals surface area contributed by atoms with Gasteiger partial charge in [-0.1, -0.05) is 0 Å². The number of amides is 1. The lowest BCUT2D eigenvalue weighted by Gasteiger charge is -2.04. The number of aromatic amines is 1. The summed E-state index contributed by atoms with van der Waals surface area (Å²) in [4.78, 5) is 15.9. The lowest BCUT2D eigenvalue weighted by molar-refractivity contribution is 0.102. The normalized spacial score (nSPS) is 10.1. The number of aromatic nitrogens is 3. The Morgan fingerprint density at radius 1 is 1.20 bits per heavy atom. The molecular formula is C13H16N4O3. The van der Waals surface area contributed by atoms with Gasteiger partial charge in [-0.3, -0.25) is 10.1 Å². The van der Waals surface area contributed by atoms with E-state index in [0.717, 1.165) is 5.75 Å². The van der Waals surface area contributed by atoms with Gasteiger partial charge >= 0.3 is 6.01 Å². The lowest BCUT2D eigenvalue weighted by Crippen LogP contribution is -2.12. The van der Waals surface area contributed by atoms with E-state index in [1.807, 2.05) is 13.8 Å². The minimum Gasteiger partial charge on any atom is -0.494 e. The molecule has 0 bridgehead atoms. The predicted octanol–water partition coefficient (Wildman–Crippen LogP) is 1.85. The molecule has 106 valence electrons. The van der Waals surface area contributed by atoms with Gasteiger partial charge in [-0.15, -0.1) is 5.10 Å². The molecule has 0 aliphatic carbocycles. The summed E-state index contributed by atoms with van der Waals surface area (Å²) in [6.07, 6.45) is 0. The summed E-state index contributed by atoms with van der Waals surface area (Å²) in [5, 5.41) is 8.98. The zero-order valence-corrected chi connectivity index (χ0v) is 11.3. The van der Waals surface area contributed by atoms with Gasteiger partial charge in [0.15, 0.2) is 0 Å². The minimum atomic E-state index is -0.285. The van der Waals surface area contributed by atoms with E-state index >= 15 is 0 Å². The highest BCUT2D eigenvalue weighted by Gasteiger charge is 2.10. The summed E-state index contributed by atoms with van der Waals surface area (Å²) in [5.41, 5.74) is 0.503. The van der Waals surface area contributed by atoms with Crippen LogP contribution in [0.4, 0.5) is 5.95 Å². The number of ether oxygens (including phenoxy) is 2. The monoisotopic (exact) mass is 276 g/mol. The van der Waals surface area contributed by atoms with Crippen LogP contribution < -0.4 is 14.8 Å². The molecule has 1 amide bonds. The van der Waals surface area contributed by atoms with Crippen LogP contribution in [-0.4, -0.2) is 34.3 Å². The van der Waals surface area contributed by atoms with Crippen molar-refractivity contribution in [3.63, 3.8) is 0 Å². The molecule has 7 heteroatoms. The third-order valence-corrected chi connectivity index (χ3v) is 2.40. The number of hydrogen-bond acceptors (Lipinski definition) is 5. The second-order valence-corrected chi connectivity index (χ2v) is 3.81. The van der Waals surface area contributed by atoms with Crippen molar-refractivity contribution in [3.8, 4) is 11.8 Å². The van der Waals surface area contributed by atoms with Crippen molar-refractivity contribution < 1.29 is 14.3 Å². The van der Waals surface area contributed by atoms with Crippen LogP contribution in [0.2, 0.25) is 0 Å². The van der Waals surface area contributed by atoms with E-state index in [1.165, 1.54) is 0 Å². The van der Waals surface area contributed by atoms with Crippen LogP contribution in [0.25, 0.3) is 0 Å². The number of H-pyrrole nitrogens is 1. The van der Waals surface area contributed by atoms with Crippen LogP contribution in [-0.2, 0) is 0 Å². The van der Waals surface area contributed by atoms with Crippen molar-refractivity contribution in [1.29, 1.82) is 0 Å². The largest absolute Gasteiger partial charge is 0.494 e. The van der Waals surface area contributed by atoms with Gasteiger partial charge < -0.3 is 9.47 Å². The first kappa shape index (κ1) is 13.9. The molecule has 0 radical (unpaired) electrons. The highest BCUT2D eigenvalue weighted by Crippen LogP contribution is 2.13. The first-order chi connectivity index (χ1) is 9.72. The van der Waals surface area contributed by atoms with Crippen molar-refractivity contribution in [2.75, 3.05) is 18.5 Å². The zero-order chi connectivity index (χ0) is 14.4. The predicted molar refractivity (Wildman–Crippen MR) is 73.1 cm³/mol. The van der Waals surface area contributed by atoms with E-state index < -0.39 is 0 Å². The SMILES string of the molecule is CCOc1ccc(C(=O)Nc2nc(OCC)n[nH]2)cc1. The topological polar surface area (TPSA) is 89.1 Å². The molecule has 0 aliphatic rings. The number of hydrogen-bond donors (Lipinski definition) is 2. The summed E-state index contributed by atoms with van der Waals surface area (Å²) in [6, 6.07) is 7.05. The molecule has 0 fully saturated rings. The number of carbonyl (C=O) groups excluding carboxylic acids is 1. The second-order valence-electron chi connectivity index (χ2n) is 3.81. The van der Waals surface area contributed by atoms with E-state index in [-0.39, 0.29) is 17.9 Å². The Hall–Kier alpha value is -2.57. The van der Waals surface area contributed by atoms with Crippen LogP contribution in [0, 0.1) is 0 Å². The zero-order valence-electron chi connectivity index (χ0n) is 11.3. The van der Waals surface area contributed by atoms with Crippen LogP contribution in [0.1, 0.15) is 24.2 Å². The van der Waals surface area contributed by atoms with E-state index in [0.29, 0.717) is 18.8 Å². The quantitative estimate of drug-likeness (QED) is 0.840. The Kier molecular flexibility index (Phi) is 4.54. The summed E-state index contributed by atoms with van der Waals surface area (Å²) >= 11 is 0. The number of rotatable bonds is 6. The summed E-state index contributed by atoms with van der Waals surface area (Å²) in [7, 11) is 0. The molecule has 20 heavy (non-hydrogen) atoms. The van der Waals surface area contributed by atoms with Crippen LogP contribution in [0.3, 0.4) is 0 Å². The highest BCUT2D eigenvalue weighted by atomic mass is 16.5. The Bertz CT molecular complexity index is 565. The molecular weight excluding hydrogens is 260 g/mol. The van der Waals surface area contributed by atoms with Gasteiger partial charge in [-0.2, -0.15) is 4.98 Å². The van der Waals surface area contributed by atoms with Crippen molar-refractivity contribution >= 4 is 11.9 Å². The van der Waals surface area contributed by atoms with E-state index in [4.69, 9.17) is 9.47 Å². The van der Waals surface area contributed by atoms with E-state index in [2.05, 4.69) is 20.5 Å². The van der Waals surface area contributed by atoms with E-state index in [1.54, 1.807) is 24.3 Å². The first-order valence-electron chi connectivity index (χ1n) is 6.32. The molecule has 2 rings (SSSR count). The van der Waals surface area contributed by atoms with Crippen molar-refractivity contribution in [2.24, 2.45) is 0 Å². The fourth-order valence-electron chi connectivity index (χ4n) is 1.54. The lowest BCUT2D eigenvalue weighted by atomic mass is 10.2. The number of anilines is 1. The van der Waals surface area contributed by atoms with Crippen molar-refractivity contribution in [2.45, 2.75) is 13.8 Å². The maximum absolute atomic E-state index is 12.0. The molecule has 1 heterocycles. The third kappa shape index (κ3) is 3.47. The summed E-state index contributed by atoms with van der Waals surface area (Å²) < 4.78 is 10.4. The molecule has 0 atom stereocenters. The Morgan fingerprint density at radius 2 is 1.90 bits per heavy atom. The maximum Gasteiger partial charge on any atom is 0.337 e. The third-order valence-electron chi connectivity index (χ3n) is 2.40. The Morgan fingerprint density at radius 3 is 2.55 bits per heavy atom. The molecule has 0 aliphatic heterocycles. The van der Waals surface area contributed by atoms with Crippen LogP contribution in [0.15, 0.2) is 24.3 Å². The molecule has 0 saturated heterocycles. The number of nitrogens with one attached hydrogen (secondary N) is 2. The number of carbonyl (C=O) groups is 1. The average molecular weight is 276 g/mol. The fourth-order valence-corrected chi connectivity index (χ4v) is 1.54. The van der Waals surface area contributed by atoms with E-state index in [9.17, 15) is 4.79 Å². The number of benzene rings is 1. The van der Waals surface area contributed by atoms with Gasteiger partial charge in [-0.05, 0) is 38.1 Å². The molecule has 7 nitrogen and oxygen atoms in total. The molecule has 2 aromatic rings. The maximum atomic E-state index is 12.0. The van der Waals surface area contributed by atoms with Gasteiger partial charge in [-0.25, -0.2) is 5.10 Å². The van der Waals surface area contributed by atoms with Gasteiger partial charge in [0.2, 0.25) is 5.95 Å². The fraction of sp³-hybridized carbons (Fsp3) is 0.308. The van der Waals surface area contributed by atoms with Crippen LogP contribution >= 0.6 is 0 Å². The standard InChI is InChI=1S/C13H16N4O3/c1-3-19-10-7-5-9(6-8-10)11(18)14-12-15-13(17-16-12)20-4-2/h5-8H,3-4H2,1-2H3,(H2,14,15,16,17,18). The molecule has 2 N–H and O–H groups in total. The smallest absolute Gasteiger partial charge is 0.337 e. The second kappa shape index (κ2) is 6.55. The number of nitrogens with zero attached hydrogens (tertiary/aromatic N) is 2. The molecule has 0 unspecified atom stereocenters. The highest BCUT2D eigenvalue weighted by molar-refractivity contribution is 6.03.